The predicted molar refractivity (Wildman–Crippen MR) is 127 cm³/mol. The van der Waals surface area contributed by atoms with Crippen molar-refractivity contribution < 1.29 is 23.9 Å². The lowest BCUT2D eigenvalue weighted by atomic mass is 9.98. The van der Waals surface area contributed by atoms with Crippen molar-refractivity contribution in [1.82, 2.24) is 15.5 Å². The number of ether oxygens (including phenoxy) is 2. The Labute approximate surface area is 203 Å². The van der Waals surface area contributed by atoms with E-state index in [0.29, 0.717) is 29.0 Å². The van der Waals surface area contributed by atoms with E-state index < -0.39 is 5.91 Å². The van der Waals surface area contributed by atoms with Crippen LogP contribution in [0.15, 0.2) is 40.9 Å². The molecule has 0 spiro atoms. The van der Waals surface area contributed by atoms with Gasteiger partial charge in [0, 0.05) is 12.1 Å². The normalized spacial score (nSPS) is 14.1. The number of halogens is 1. The molecule has 0 bridgehead atoms. The molecule has 3 aromatic rings. The van der Waals surface area contributed by atoms with Gasteiger partial charge in [-0.1, -0.05) is 35.3 Å². The third-order valence-electron chi connectivity index (χ3n) is 5.68. The fourth-order valence-corrected chi connectivity index (χ4v) is 4.26. The number of rotatable bonds is 9. The molecule has 0 unspecified atom stereocenters. The van der Waals surface area contributed by atoms with Gasteiger partial charge in [-0.2, -0.15) is 4.98 Å². The Balaban J connectivity index is 1.34. The highest BCUT2D eigenvalue weighted by molar-refractivity contribution is 6.32. The lowest BCUT2D eigenvalue weighted by molar-refractivity contribution is 0.0907. The molecule has 0 aliphatic heterocycles. The van der Waals surface area contributed by atoms with Crippen molar-refractivity contribution in [2.75, 3.05) is 13.2 Å². The second kappa shape index (κ2) is 11.4. The van der Waals surface area contributed by atoms with Crippen LogP contribution in [0.25, 0.3) is 11.4 Å². The molecule has 1 aliphatic carbocycles. The molecule has 0 radical (unpaired) electrons. The number of amides is 1. The van der Waals surface area contributed by atoms with Crippen molar-refractivity contribution in [2.45, 2.75) is 51.7 Å². The lowest BCUT2D eigenvalue weighted by Gasteiger charge is -2.23. The summed E-state index contributed by atoms with van der Waals surface area (Å²) in [6.45, 7) is 2.17. The first-order chi connectivity index (χ1) is 16.5. The van der Waals surface area contributed by atoms with Gasteiger partial charge in [0.1, 0.15) is 18.1 Å². The molecule has 0 atom stereocenters. The van der Waals surface area contributed by atoms with E-state index in [9.17, 15) is 4.79 Å². The van der Waals surface area contributed by atoms with E-state index in [-0.39, 0.29) is 24.9 Å². The van der Waals surface area contributed by atoms with Gasteiger partial charge in [-0.3, -0.25) is 4.79 Å². The van der Waals surface area contributed by atoms with Crippen LogP contribution in [0.5, 0.6) is 11.5 Å². The molecule has 2 aromatic carbocycles. The second-order valence-electron chi connectivity index (χ2n) is 8.30. The summed E-state index contributed by atoms with van der Waals surface area (Å²) in [6.07, 6.45) is 6.26. The Kier molecular flexibility index (Phi) is 8.03. The van der Waals surface area contributed by atoms with Gasteiger partial charge in [0.2, 0.25) is 5.82 Å². The molecule has 1 fully saturated rings. The zero-order chi connectivity index (χ0) is 23.9. The maximum absolute atomic E-state index is 12.5. The van der Waals surface area contributed by atoms with E-state index in [1.165, 1.54) is 19.3 Å². The zero-order valence-electron chi connectivity index (χ0n) is 19.1. The molecule has 34 heavy (non-hydrogen) atoms. The van der Waals surface area contributed by atoms with Crippen LogP contribution in [0, 0.1) is 6.92 Å². The second-order valence-corrected chi connectivity index (χ2v) is 8.71. The molecule has 1 heterocycles. The van der Waals surface area contributed by atoms with Crippen molar-refractivity contribution in [3.05, 3.63) is 58.4 Å². The average molecular weight is 486 g/mol. The highest BCUT2D eigenvalue weighted by Crippen LogP contribution is 2.33. The minimum Gasteiger partial charge on any atom is -0.490 e. The number of aromatic nitrogens is 2. The molecule has 2 N–H and O–H groups in total. The first-order valence-corrected chi connectivity index (χ1v) is 11.8. The third kappa shape index (κ3) is 6.07. The number of nitrogens with one attached hydrogen (secondary N) is 1. The van der Waals surface area contributed by atoms with Crippen LogP contribution < -0.4 is 14.8 Å². The standard InChI is InChI=1S/C25H28ClN3O5/c1-16-13-18(14-21(26)22(16)32-12-11-30)23-28-25(34-29-23)24(31)27-15-17-7-9-20(10-8-17)33-19-5-3-2-4-6-19/h7-10,13-14,19,30H,2-6,11-12,15H2,1H3,(H,27,31). The van der Waals surface area contributed by atoms with E-state index in [1.54, 1.807) is 12.1 Å². The molecule has 1 saturated carbocycles. The minimum absolute atomic E-state index is 0.112. The average Bonchev–Trinajstić information content (AvgIpc) is 3.34. The Morgan fingerprint density at radius 3 is 2.68 bits per heavy atom. The first-order valence-electron chi connectivity index (χ1n) is 11.4. The summed E-state index contributed by atoms with van der Waals surface area (Å²) >= 11 is 6.29. The summed E-state index contributed by atoms with van der Waals surface area (Å²) in [6, 6.07) is 11.1. The Hall–Kier alpha value is -3.10. The van der Waals surface area contributed by atoms with Crippen LogP contribution in [0.2, 0.25) is 5.02 Å². The van der Waals surface area contributed by atoms with Crippen LogP contribution >= 0.6 is 11.6 Å². The van der Waals surface area contributed by atoms with Crippen LogP contribution in [-0.4, -0.2) is 40.5 Å². The molecule has 1 aromatic heterocycles. The quantitative estimate of drug-likeness (QED) is 0.452. The van der Waals surface area contributed by atoms with Gasteiger partial charge < -0.3 is 24.4 Å². The monoisotopic (exact) mass is 485 g/mol. The zero-order valence-corrected chi connectivity index (χ0v) is 19.8. The lowest BCUT2D eigenvalue weighted by Crippen LogP contribution is -2.23. The minimum atomic E-state index is -0.466. The van der Waals surface area contributed by atoms with E-state index in [4.69, 9.17) is 30.7 Å². The van der Waals surface area contributed by atoms with Gasteiger partial charge >= 0.3 is 11.8 Å². The molecule has 8 nitrogen and oxygen atoms in total. The molecule has 1 aliphatic rings. The largest absolute Gasteiger partial charge is 0.490 e. The van der Waals surface area contributed by atoms with Gasteiger partial charge in [0.05, 0.1) is 17.7 Å². The number of hydrogen-bond acceptors (Lipinski definition) is 7. The molecule has 9 heteroatoms. The van der Waals surface area contributed by atoms with Crippen molar-refractivity contribution in [3.63, 3.8) is 0 Å². The Morgan fingerprint density at radius 1 is 1.21 bits per heavy atom. The number of nitrogens with zero attached hydrogens (tertiary/aromatic N) is 2. The summed E-state index contributed by atoms with van der Waals surface area (Å²) in [5, 5.41) is 16.0. The van der Waals surface area contributed by atoms with E-state index in [0.717, 1.165) is 29.7 Å². The summed E-state index contributed by atoms with van der Waals surface area (Å²) in [5.74, 6) is 0.975. The Bertz CT molecular complexity index is 1090. The van der Waals surface area contributed by atoms with Crippen LogP contribution in [-0.2, 0) is 6.54 Å². The molecule has 180 valence electrons. The molecular weight excluding hydrogens is 458 g/mol. The van der Waals surface area contributed by atoms with Crippen molar-refractivity contribution >= 4 is 17.5 Å². The highest BCUT2D eigenvalue weighted by atomic mass is 35.5. The smallest absolute Gasteiger partial charge is 0.316 e. The van der Waals surface area contributed by atoms with Crippen LogP contribution in [0.1, 0.15) is 53.9 Å². The first kappa shape index (κ1) is 24.0. The number of aliphatic hydroxyl groups is 1. The van der Waals surface area contributed by atoms with Gasteiger partial charge in [-0.15, -0.1) is 0 Å². The SMILES string of the molecule is Cc1cc(-c2noc(C(=O)NCc3ccc(OC4CCCCC4)cc3)n2)cc(Cl)c1OCCO. The fourth-order valence-electron chi connectivity index (χ4n) is 3.94. The van der Waals surface area contributed by atoms with Crippen molar-refractivity contribution in [1.29, 1.82) is 0 Å². The number of benzene rings is 2. The van der Waals surface area contributed by atoms with Gasteiger partial charge in [0.15, 0.2) is 0 Å². The molecular formula is C25H28ClN3O5. The van der Waals surface area contributed by atoms with Gasteiger partial charge in [-0.05, 0) is 68.0 Å². The molecule has 0 saturated heterocycles. The van der Waals surface area contributed by atoms with Gasteiger partial charge in [0.25, 0.3) is 0 Å². The van der Waals surface area contributed by atoms with E-state index >= 15 is 0 Å². The number of aliphatic hydroxyl groups excluding tert-OH is 1. The highest BCUT2D eigenvalue weighted by Gasteiger charge is 2.18. The summed E-state index contributed by atoms with van der Waals surface area (Å²) in [4.78, 5) is 16.7. The topological polar surface area (TPSA) is 107 Å². The summed E-state index contributed by atoms with van der Waals surface area (Å²) in [5.41, 5.74) is 2.28. The third-order valence-corrected chi connectivity index (χ3v) is 5.96. The van der Waals surface area contributed by atoms with Crippen molar-refractivity contribution in [2.24, 2.45) is 0 Å². The maximum Gasteiger partial charge on any atom is 0.316 e. The van der Waals surface area contributed by atoms with Crippen LogP contribution in [0.4, 0.5) is 0 Å². The van der Waals surface area contributed by atoms with Gasteiger partial charge in [-0.25, -0.2) is 0 Å². The molecule has 1 amide bonds. The Morgan fingerprint density at radius 2 is 1.97 bits per heavy atom. The number of carbonyl (C=O) groups is 1. The predicted octanol–water partition coefficient (Wildman–Crippen LogP) is 4.71. The fraction of sp³-hybridized carbons (Fsp3) is 0.400. The maximum atomic E-state index is 12.5. The van der Waals surface area contributed by atoms with Crippen LogP contribution in [0.3, 0.4) is 0 Å². The number of carbonyl (C=O) groups excluding carboxylic acids is 1. The summed E-state index contributed by atoms with van der Waals surface area (Å²) < 4.78 is 16.6. The van der Waals surface area contributed by atoms with E-state index in [2.05, 4.69) is 15.5 Å². The number of aryl methyl sites for hydroxylation is 1. The number of hydrogen-bond donors (Lipinski definition) is 2. The molecule has 4 rings (SSSR count). The van der Waals surface area contributed by atoms with Crippen molar-refractivity contribution in [3.8, 4) is 22.9 Å². The van der Waals surface area contributed by atoms with E-state index in [1.807, 2.05) is 31.2 Å². The summed E-state index contributed by atoms with van der Waals surface area (Å²) in [7, 11) is 0.